The number of nitrogens with zero attached hydrogens (tertiary/aromatic N) is 1. The lowest BCUT2D eigenvalue weighted by Gasteiger charge is -2.08. The molecule has 0 atom stereocenters. The highest BCUT2D eigenvalue weighted by atomic mass is 79.9. The highest BCUT2D eigenvalue weighted by molar-refractivity contribution is 9.10. The standard InChI is InChI=1S/C16H13Br2NO2S/c1-11-5-7-13(8-6-11)22(20,21)19-10-12(9-17)16-14(18)3-2-4-15(16)19/h2-8,10H,9H2,1H3. The highest BCUT2D eigenvalue weighted by Crippen LogP contribution is 2.32. The van der Waals surface area contributed by atoms with Crippen LogP contribution in [0.25, 0.3) is 10.9 Å². The number of halogens is 2. The van der Waals surface area contributed by atoms with Gasteiger partial charge in [0.1, 0.15) is 0 Å². The highest BCUT2D eigenvalue weighted by Gasteiger charge is 2.21. The van der Waals surface area contributed by atoms with Gasteiger partial charge in [-0.25, -0.2) is 12.4 Å². The number of aryl methyl sites for hydroxylation is 1. The van der Waals surface area contributed by atoms with Crippen LogP contribution in [-0.4, -0.2) is 12.4 Å². The van der Waals surface area contributed by atoms with Gasteiger partial charge in [-0.15, -0.1) is 0 Å². The third-order valence-corrected chi connectivity index (χ3v) is 6.50. The summed E-state index contributed by atoms with van der Waals surface area (Å²) in [5.74, 6) is 0. The molecule has 0 saturated carbocycles. The summed E-state index contributed by atoms with van der Waals surface area (Å²) in [6.07, 6.45) is 1.68. The molecule has 114 valence electrons. The number of benzene rings is 2. The van der Waals surface area contributed by atoms with Crippen molar-refractivity contribution in [3.63, 3.8) is 0 Å². The quantitative estimate of drug-likeness (QED) is 0.544. The SMILES string of the molecule is Cc1ccc(S(=O)(=O)n2cc(CBr)c3c(Br)cccc32)cc1. The molecule has 3 nitrogen and oxygen atoms in total. The molecule has 0 fully saturated rings. The first kappa shape index (κ1) is 15.8. The average molecular weight is 443 g/mol. The number of rotatable bonds is 3. The molecule has 3 rings (SSSR count). The second-order valence-electron chi connectivity index (χ2n) is 5.04. The summed E-state index contributed by atoms with van der Waals surface area (Å²) in [4.78, 5) is 0.288. The monoisotopic (exact) mass is 441 g/mol. The van der Waals surface area contributed by atoms with Crippen molar-refractivity contribution in [1.82, 2.24) is 3.97 Å². The van der Waals surface area contributed by atoms with Crippen molar-refractivity contribution in [1.29, 1.82) is 0 Å². The van der Waals surface area contributed by atoms with Crippen LogP contribution in [0.2, 0.25) is 0 Å². The van der Waals surface area contributed by atoms with Gasteiger partial charge in [0.05, 0.1) is 10.4 Å². The van der Waals surface area contributed by atoms with E-state index in [9.17, 15) is 8.42 Å². The number of alkyl halides is 1. The largest absolute Gasteiger partial charge is 0.268 e. The molecule has 0 amide bonds. The van der Waals surface area contributed by atoms with Crippen LogP contribution in [0.3, 0.4) is 0 Å². The summed E-state index contributed by atoms with van der Waals surface area (Å²) >= 11 is 6.94. The lowest BCUT2D eigenvalue weighted by Crippen LogP contribution is -2.11. The first-order valence-electron chi connectivity index (χ1n) is 6.62. The van der Waals surface area contributed by atoms with Crippen molar-refractivity contribution >= 4 is 52.8 Å². The number of hydrogen-bond donors (Lipinski definition) is 0. The molecule has 0 unspecified atom stereocenters. The van der Waals surface area contributed by atoms with Gasteiger partial charge >= 0.3 is 0 Å². The molecule has 0 bridgehead atoms. The minimum absolute atomic E-state index is 0.288. The van der Waals surface area contributed by atoms with Gasteiger partial charge in [-0.1, -0.05) is 55.6 Å². The third-order valence-electron chi connectivity index (χ3n) is 3.55. The van der Waals surface area contributed by atoms with Gasteiger partial charge in [0.15, 0.2) is 0 Å². The lowest BCUT2D eigenvalue weighted by atomic mass is 10.2. The zero-order valence-electron chi connectivity index (χ0n) is 11.8. The molecule has 22 heavy (non-hydrogen) atoms. The average Bonchev–Trinajstić information content (AvgIpc) is 2.88. The van der Waals surface area contributed by atoms with Crippen LogP contribution in [0.15, 0.2) is 58.0 Å². The fraction of sp³-hybridized carbons (Fsp3) is 0.125. The molecule has 1 aromatic heterocycles. The Kier molecular flexibility index (Phi) is 4.18. The summed E-state index contributed by atoms with van der Waals surface area (Å²) in [7, 11) is -3.61. The van der Waals surface area contributed by atoms with Crippen LogP contribution in [0.4, 0.5) is 0 Å². The molecular weight excluding hydrogens is 430 g/mol. The predicted octanol–water partition coefficient (Wildman–Crippen LogP) is 4.84. The Balaban J connectivity index is 2.30. The molecule has 0 saturated heterocycles. The Morgan fingerprint density at radius 2 is 1.77 bits per heavy atom. The van der Waals surface area contributed by atoms with Gasteiger partial charge < -0.3 is 0 Å². The van der Waals surface area contributed by atoms with E-state index in [2.05, 4.69) is 31.9 Å². The molecule has 6 heteroatoms. The Bertz CT molecular complexity index is 944. The van der Waals surface area contributed by atoms with Crippen LogP contribution < -0.4 is 0 Å². The number of aromatic nitrogens is 1. The third kappa shape index (κ3) is 2.53. The van der Waals surface area contributed by atoms with Crippen molar-refractivity contribution in [2.24, 2.45) is 0 Å². The van der Waals surface area contributed by atoms with Crippen molar-refractivity contribution in [3.05, 3.63) is 64.3 Å². The fourth-order valence-corrected chi connectivity index (χ4v) is 4.83. The van der Waals surface area contributed by atoms with E-state index in [0.717, 1.165) is 21.0 Å². The summed E-state index contributed by atoms with van der Waals surface area (Å²) in [5, 5.41) is 1.50. The van der Waals surface area contributed by atoms with Crippen molar-refractivity contribution < 1.29 is 8.42 Å². The van der Waals surface area contributed by atoms with Crippen molar-refractivity contribution in [3.8, 4) is 0 Å². The minimum atomic E-state index is -3.61. The lowest BCUT2D eigenvalue weighted by molar-refractivity contribution is 0.589. The Hall–Kier alpha value is -1.11. The van der Waals surface area contributed by atoms with Gasteiger partial charge in [0, 0.05) is 21.4 Å². The summed E-state index contributed by atoms with van der Waals surface area (Å²) < 4.78 is 28.1. The Morgan fingerprint density at radius 1 is 1.09 bits per heavy atom. The van der Waals surface area contributed by atoms with Crippen LogP contribution >= 0.6 is 31.9 Å². The van der Waals surface area contributed by atoms with E-state index in [0.29, 0.717) is 10.8 Å². The molecule has 0 N–H and O–H groups in total. The smallest absolute Gasteiger partial charge is 0.241 e. The second-order valence-corrected chi connectivity index (χ2v) is 8.27. The molecule has 0 radical (unpaired) electrons. The second kappa shape index (κ2) is 5.83. The first-order chi connectivity index (χ1) is 10.4. The van der Waals surface area contributed by atoms with Gasteiger partial charge in [-0.3, -0.25) is 0 Å². The van der Waals surface area contributed by atoms with Crippen LogP contribution in [0.1, 0.15) is 11.1 Å². The molecule has 2 aromatic carbocycles. The van der Waals surface area contributed by atoms with Crippen molar-refractivity contribution in [2.75, 3.05) is 0 Å². The zero-order valence-corrected chi connectivity index (χ0v) is 15.7. The van der Waals surface area contributed by atoms with E-state index in [1.54, 1.807) is 30.5 Å². The van der Waals surface area contributed by atoms with E-state index < -0.39 is 10.0 Å². The van der Waals surface area contributed by atoms with Gasteiger partial charge in [0.25, 0.3) is 10.0 Å². The Labute approximate surface area is 146 Å². The first-order valence-corrected chi connectivity index (χ1v) is 9.97. The normalized spacial score (nSPS) is 12.0. The van der Waals surface area contributed by atoms with Crippen LogP contribution in [-0.2, 0) is 15.4 Å². The maximum absolute atomic E-state index is 12.9. The maximum atomic E-state index is 12.9. The number of hydrogen-bond acceptors (Lipinski definition) is 2. The molecule has 1 heterocycles. The summed E-state index contributed by atoms with van der Waals surface area (Å²) in [5.41, 5.74) is 2.63. The van der Waals surface area contributed by atoms with Crippen LogP contribution in [0, 0.1) is 6.92 Å². The van der Waals surface area contributed by atoms with E-state index in [1.807, 2.05) is 25.1 Å². The molecule has 0 aliphatic rings. The van der Waals surface area contributed by atoms with E-state index in [-0.39, 0.29) is 4.90 Å². The minimum Gasteiger partial charge on any atom is -0.241 e. The predicted molar refractivity (Wildman–Crippen MR) is 96.0 cm³/mol. The van der Waals surface area contributed by atoms with Crippen molar-refractivity contribution in [2.45, 2.75) is 17.1 Å². The van der Waals surface area contributed by atoms with Crippen LogP contribution in [0.5, 0.6) is 0 Å². The Morgan fingerprint density at radius 3 is 2.41 bits per heavy atom. The van der Waals surface area contributed by atoms with E-state index in [4.69, 9.17) is 0 Å². The number of fused-ring (bicyclic) bond motifs is 1. The fourth-order valence-electron chi connectivity index (χ4n) is 2.41. The van der Waals surface area contributed by atoms with E-state index >= 15 is 0 Å². The van der Waals surface area contributed by atoms with Gasteiger partial charge in [-0.2, -0.15) is 0 Å². The summed E-state index contributed by atoms with van der Waals surface area (Å²) in [6, 6.07) is 12.5. The van der Waals surface area contributed by atoms with Gasteiger partial charge in [-0.05, 0) is 36.8 Å². The topological polar surface area (TPSA) is 39.1 Å². The summed E-state index contributed by atoms with van der Waals surface area (Å²) in [6.45, 7) is 1.93. The molecular formula is C16H13Br2NO2S. The van der Waals surface area contributed by atoms with Gasteiger partial charge in [0.2, 0.25) is 0 Å². The maximum Gasteiger partial charge on any atom is 0.268 e. The molecule has 0 spiro atoms. The zero-order chi connectivity index (χ0) is 15.9. The molecule has 3 aromatic rings. The molecule has 0 aliphatic heterocycles. The van der Waals surface area contributed by atoms with E-state index in [1.165, 1.54) is 3.97 Å². The molecule has 0 aliphatic carbocycles.